The van der Waals surface area contributed by atoms with Crippen LogP contribution in [0.3, 0.4) is 0 Å². The predicted molar refractivity (Wildman–Crippen MR) is 117 cm³/mol. The summed E-state index contributed by atoms with van der Waals surface area (Å²) in [6.07, 6.45) is 0.856. The smallest absolute Gasteiger partial charge is 0.300 e. The van der Waals surface area contributed by atoms with E-state index in [1.807, 2.05) is 19.1 Å². The fraction of sp³-hybridized carbons (Fsp3) is 0.200. The van der Waals surface area contributed by atoms with Crippen LogP contribution >= 0.6 is 0 Å². The standard InChI is InChI=1S/C25H23NO5/c1-4-16-6-8-17(9-7-16)23(27)21-22(20-14-5-15(2)31-20)26(25(29)24(21)28)18-10-12-19(30-3)13-11-18/h5-14,22,27H,4H2,1-3H3/b23-21-. The number of ether oxygens (including phenoxy) is 1. The van der Waals surface area contributed by atoms with E-state index < -0.39 is 17.7 Å². The van der Waals surface area contributed by atoms with E-state index in [-0.39, 0.29) is 11.3 Å². The molecule has 1 aromatic heterocycles. The predicted octanol–water partition coefficient (Wildman–Crippen LogP) is 4.79. The summed E-state index contributed by atoms with van der Waals surface area (Å²) in [6, 6.07) is 16.7. The van der Waals surface area contributed by atoms with Gasteiger partial charge in [0.2, 0.25) is 0 Å². The highest BCUT2D eigenvalue weighted by Gasteiger charge is 2.48. The average molecular weight is 417 g/mol. The van der Waals surface area contributed by atoms with Crippen LogP contribution in [0.4, 0.5) is 5.69 Å². The van der Waals surface area contributed by atoms with Gasteiger partial charge in [-0.3, -0.25) is 14.5 Å². The number of Topliss-reactive ketones (excluding diaryl/α,β-unsaturated/α-hetero) is 1. The number of carbonyl (C=O) groups is 2. The van der Waals surface area contributed by atoms with Crippen molar-refractivity contribution in [3.05, 3.63) is 88.9 Å². The van der Waals surface area contributed by atoms with Gasteiger partial charge in [0.1, 0.15) is 29.1 Å². The third-order valence-electron chi connectivity index (χ3n) is 5.46. The van der Waals surface area contributed by atoms with Gasteiger partial charge in [-0.25, -0.2) is 0 Å². The van der Waals surface area contributed by atoms with E-state index >= 15 is 0 Å². The van der Waals surface area contributed by atoms with Crippen molar-refractivity contribution in [2.75, 3.05) is 12.0 Å². The van der Waals surface area contributed by atoms with Crippen molar-refractivity contribution in [1.29, 1.82) is 0 Å². The molecule has 3 aromatic rings. The number of hydrogen-bond acceptors (Lipinski definition) is 5. The summed E-state index contributed by atoms with van der Waals surface area (Å²) < 4.78 is 11.0. The molecule has 2 heterocycles. The number of amides is 1. The Kier molecular flexibility index (Phi) is 5.38. The molecule has 1 N–H and O–H groups in total. The van der Waals surface area contributed by atoms with Gasteiger partial charge in [0.25, 0.3) is 11.7 Å². The molecule has 0 radical (unpaired) electrons. The summed E-state index contributed by atoms with van der Waals surface area (Å²) in [7, 11) is 1.55. The van der Waals surface area contributed by atoms with Gasteiger partial charge in [-0.15, -0.1) is 0 Å². The van der Waals surface area contributed by atoms with E-state index in [0.717, 1.165) is 12.0 Å². The largest absolute Gasteiger partial charge is 0.507 e. The molecule has 4 rings (SSSR count). The zero-order valence-corrected chi connectivity index (χ0v) is 17.6. The first-order valence-corrected chi connectivity index (χ1v) is 10.0. The number of furan rings is 1. The molecular formula is C25H23NO5. The number of carbonyl (C=O) groups excluding carboxylic acids is 2. The van der Waals surface area contributed by atoms with Gasteiger partial charge in [0, 0.05) is 11.3 Å². The van der Waals surface area contributed by atoms with E-state index in [9.17, 15) is 14.7 Å². The SMILES string of the molecule is CCc1ccc(/C(O)=C2/C(=O)C(=O)N(c3ccc(OC)cc3)C2c2ccc(C)o2)cc1. The number of anilines is 1. The highest BCUT2D eigenvalue weighted by Crippen LogP contribution is 2.42. The topological polar surface area (TPSA) is 80.0 Å². The Morgan fingerprint density at radius 1 is 1.03 bits per heavy atom. The number of aliphatic hydroxyl groups is 1. The fourth-order valence-corrected chi connectivity index (χ4v) is 3.77. The quantitative estimate of drug-likeness (QED) is 0.367. The van der Waals surface area contributed by atoms with E-state index in [0.29, 0.717) is 28.5 Å². The van der Waals surface area contributed by atoms with Gasteiger partial charge >= 0.3 is 0 Å². The van der Waals surface area contributed by atoms with Crippen LogP contribution in [0, 0.1) is 6.92 Å². The summed E-state index contributed by atoms with van der Waals surface area (Å²) in [5.74, 6) is -0.0393. The number of ketones is 1. The molecule has 1 aliphatic rings. The Morgan fingerprint density at radius 2 is 1.71 bits per heavy atom. The molecule has 0 bridgehead atoms. The van der Waals surface area contributed by atoms with Gasteiger partial charge in [-0.2, -0.15) is 0 Å². The molecule has 0 saturated carbocycles. The first-order valence-electron chi connectivity index (χ1n) is 10.0. The first-order chi connectivity index (χ1) is 14.9. The van der Waals surface area contributed by atoms with Crippen LogP contribution in [-0.4, -0.2) is 23.9 Å². The van der Waals surface area contributed by atoms with Crippen LogP contribution < -0.4 is 9.64 Å². The van der Waals surface area contributed by atoms with E-state index in [4.69, 9.17) is 9.15 Å². The number of methoxy groups -OCH3 is 1. The van der Waals surface area contributed by atoms with Crippen molar-refractivity contribution < 1.29 is 23.8 Å². The van der Waals surface area contributed by atoms with Crippen molar-refractivity contribution in [1.82, 2.24) is 0 Å². The molecule has 1 fully saturated rings. The van der Waals surface area contributed by atoms with Gasteiger partial charge in [0.05, 0.1) is 12.7 Å². The molecule has 31 heavy (non-hydrogen) atoms. The molecule has 2 aromatic carbocycles. The molecule has 1 atom stereocenters. The lowest BCUT2D eigenvalue weighted by molar-refractivity contribution is -0.132. The second-order valence-corrected chi connectivity index (χ2v) is 7.37. The number of aryl methyl sites for hydroxylation is 2. The lowest BCUT2D eigenvalue weighted by atomic mass is 9.98. The van der Waals surface area contributed by atoms with Crippen molar-refractivity contribution in [3.8, 4) is 5.75 Å². The summed E-state index contributed by atoms with van der Waals surface area (Å²) in [5, 5.41) is 11.1. The minimum atomic E-state index is -0.882. The zero-order chi connectivity index (χ0) is 22.1. The Bertz CT molecular complexity index is 1160. The van der Waals surface area contributed by atoms with E-state index in [1.54, 1.807) is 62.6 Å². The average Bonchev–Trinajstić information content (AvgIpc) is 3.34. The van der Waals surface area contributed by atoms with Crippen LogP contribution in [-0.2, 0) is 16.0 Å². The highest BCUT2D eigenvalue weighted by molar-refractivity contribution is 6.51. The molecule has 158 valence electrons. The van der Waals surface area contributed by atoms with Gasteiger partial charge in [-0.05, 0) is 55.3 Å². The van der Waals surface area contributed by atoms with Crippen LogP contribution in [0.15, 0.2) is 70.7 Å². The van der Waals surface area contributed by atoms with Crippen LogP contribution in [0.25, 0.3) is 5.76 Å². The zero-order valence-electron chi connectivity index (χ0n) is 17.6. The Morgan fingerprint density at radius 3 is 2.26 bits per heavy atom. The molecule has 6 heteroatoms. The van der Waals surface area contributed by atoms with Crippen molar-refractivity contribution >= 4 is 23.1 Å². The molecule has 1 aliphatic heterocycles. The monoisotopic (exact) mass is 417 g/mol. The molecule has 1 saturated heterocycles. The lowest BCUT2D eigenvalue weighted by Gasteiger charge is -2.23. The summed E-state index contributed by atoms with van der Waals surface area (Å²) in [5.41, 5.74) is 2.08. The molecule has 6 nitrogen and oxygen atoms in total. The summed E-state index contributed by atoms with van der Waals surface area (Å²) >= 11 is 0. The van der Waals surface area contributed by atoms with Crippen molar-refractivity contribution in [2.45, 2.75) is 26.3 Å². The second-order valence-electron chi connectivity index (χ2n) is 7.37. The second kappa shape index (κ2) is 8.14. The van der Waals surface area contributed by atoms with Crippen molar-refractivity contribution in [3.63, 3.8) is 0 Å². The summed E-state index contributed by atoms with van der Waals surface area (Å²) in [4.78, 5) is 27.5. The molecular weight excluding hydrogens is 394 g/mol. The Hall–Kier alpha value is -3.80. The maximum Gasteiger partial charge on any atom is 0.300 e. The number of hydrogen-bond donors (Lipinski definition) is 1. The van der Waals surface area contributed by atoms with Crippen LogP contribution in [0.2, 0.25) is 0 Å². The number of aliphatic hydroxyl groups excluding tert-OH is 1. The van der Waals surface area contributed by atoms with Gasteiger partial charge in [0.15, 0.2) is 0 Å². The molecule has 0 aliphatic carbocycles. The van der Waals surface area contributed by atoms with Crippen molar-refractivity contribution in [2.24, 2.45) is 0 Å². The van der Waals surface area contributed by atoms with Gasteiger partial charge in [-0.1, -0.05) is 31.2 Å². The molecule has 0 spiro atoms. The van der Waals surface area contributed by atoms with Crippen LogP contribution in [0.5, 0.6) is 5.75 Å². The normalized spacial score (nSPS) is 17.9. The third-order valence-corrected chi connectivity index (χ3v) is 5.46. The molecule has 1 amide bonds. The van der Waals surface area contributed by atoms with E-state index in [2.05, 4.69) is 0 Å². The minimum absolute atomic E-state index is 0.000540. The first kappa shape index (κ1) is 20.5. The third kappa shape index (κ3) is 3.61. The Balaban J connectivity index is 1.88. The molecule has 1 unspecified atom stereocenters. The number of rotatable bonds is 5. The van der Waals surface area contributed by atoms with E-state index in [1.165, 1.54) is 4.90 Å². The lowest BCUT2D eigenvalue weighted by Crippen LogP contribution is -2.29. The Labute approximate surface area is 180 Å². The maximum absolute atomic E-state index is 13.1. The number of nitrogens with zero attached hydrogens (tertiary/aromatic N) is 1. The van der Waals surface area contributed by atoms with Crippen LogP contribution in [0.1, 0.15) is 35.6 Å². The van der Waals surface area contributed by atoms with Gasteiger partial charge < -0.3 is 14.3 Å². The summed E-state index contributed by atoms with van der Waals surface area (Å²) in [6.45, 7) is 3.82. The maximum atomic E-state index is 13.1. The fourth-order valence-electron chi connectivity index (χ4n) is 3.77. The highest BCUT2D eigenvalue weighted by atomic mass is 16.5. The number of benzene rings is 2. The minimum Gasteiger partial charge on any atom is -0.507 e.